The number of aryl methyl sites for hydroxylation is 1. The van der Waals surface area contributed by atoms with Crippen molar-refractivity contribution in [3.8, 4) is 0 Å². The maximum Gasteiger partial charge on any atom is 0.309 e. The number of rotatable bonds is 3. The number of thiazole rings is 1. The molecule has 0 aromatic carbocycles. The monoisotopic (exact) mass is 491 g/mol. The summed E-state index contributed by atoms with van der Waals surface area (Å²) in [6.07, 6.45) is 7.10. The molecule has 0 bridgehead atoms. The van der Waals surface area contributed by atoms with E-state index in [1.165, 1.54) is 0 Å². The molecular weight excluding hydrogens is 450 g/mol. The van der Waals surface area contributed by atoms with Crippen molar-refractivity contribution in [3.63, 3.8) is 0 Å². The van der Waals surface area contributed by atoms with E-state index in [9.17, 15) is 19.8 Å². The van der Waals surface area contributed by atoms with Crippen LogP contribution < -0.4 is 0 Å². The van der Waals surface area contributed by atoms with Crippen LogP contribution in [0.2, 0.25) is 0 Å². The molecule has 0 saturated heterocycles. The summed E-state index contributed by atoms with van der Waals surface area (Å²) in [6.45, 7) is 10.9. The van der Waals surface area contributed by atoms with Gasteiger partial charge in [0, 0.05) is 17.7 Å². The Balaban J connectivity index is 2.32. The molecule has 0 radical (unpaired) electrons. The topological polar surface area (TPSA) is 96.7 Å². The molecule has 2 N–H and O–H groups in total. The average molecular weight is 492 g/mol. The molecule has 0 aliphatic carbocycles. The summed E-state index contributed by atoms with van der Waals surface area (Å²) in [6, 6.07) is 0. The minimum atomic E-state index is -1.21. The van der Waals surface area contributed by atoms with E-state index in [4.69, 9.17) is 4.74 Å². The van der Waals surface area contributed by atoms with E-state index in [1.807, 2.05) is 38.3 Å². The largest absolute Gasteiger partial charge is 0.457 e. The van der Waals surface area contributed by atoms with Crippen LogP contribution in [-0.4, -0.2) is 45.3 Å². The molecule has 2 rings (SSSR count). The highest BCUT2D eigenvalue weighted by atomic mass is 32.1. The van der Waals surface area contributed by atoms with Crippen LogP contribution in [0.5, 0.6) is 0 Å². The number of carbonyl (C=O) groups excluding carboxylic acids is 2. The average Bonchev–Trinajstić information content (AvgIpc) is 3.20. The molecule has 5 atom stereocenters. The summed E-state index contributed by atoms with van der Waals surface area (Å²) in [5, 5.41) is 24.5. The zero-order valence-electron chi connectivity index (χ0n) is 21.4. The number of hydrogen-bond acceptors (Lipinski definition) is 7. The Kier molecular flexibility index (Phi) is 10.7. The molecule has 6 nitrogen and oxygen atoms in total. The number of nitrogens with zero attached hydrogens (tertiary/aromatic N) is 1. The molecular formula is C27H41NO5S. The molecule has 0 spiro atoms. The number of carbonyl (C=O) groups is 2. The van der Waals surface area contributed by atoms with Gasteiger partial charge >= 0.3 is 5.97 Å². The van der Waals surface area contributed by atoms with E-state index in [1.54, 1.807) is 32.1 Å². The molecule has 190 valence electrons. The van der Waals surface area contributed by atoms with Crippen molar-refractivity contribution in [2.45, 2.75) is 98.4 Å². The molecule has 0 unspecified atom stereocenters. The summed E-state index contributed by atoms with van der Waals surface area (Å²) >= 11 is 1.57. The molecule has 7 heteroatoms. The lowest BCUT2D eigenvalue weighted by molar-refractivity contribution is -0.154. The predicted molar refractivity (Wildman–Crippen MR) is 136 cm³/mol. The van der Waals surface area contributed by atoms with Gasteiger partial charge in [-0.1, -0.05) is 46.8 Å². The molecule has 2 heterocycles. The van der Waals surface area contributed by atoms with Crippen LogP contribution in [0.1, 0.15) is 83.8 Å². The van der Waals surface area contributed by atoms with Crippen LogP contribution in [0, 0.1) is 24.2 Å². The Hall–Kier alpha value is -1.83. The fourth-order valence-corrected chi connectivity index (χ4v) is 4.99. The van der Waals surface area contributed by atoms with Gasteiger partial charge in [-0.25, -0.2) is 4.98 Å². The van der Waals surface area contributed by atoms with Gasteiger partial charge in [-0.05, 0) is 50.2 Å². The maximum absolute atomic E-state index is 13.2. The third kappa shape index (κ3) is 7.59. The summed E-state index contributed by atoms with van der Waals surface area (Å²) in [5.74, 6) is -1.47. The lowest BCUT2D eigenvalue weighted by atomic mass is 9.73. The van der Waals surface area contributed by atoms with E-state index in [2.05, 4.69) is 11.1 Å². The first-order chi connectivity index (χ1) is 16.0. The maximum atomic E-state index is 13.2. The second kappa shape index (κ2) is 12.8. The number of cyclic esters (lactones) is 1. The number of aliphatic hydroxyl groups excluding tert-OH is 2. The van der Waals surface area contributed by atoms with Gasteiger partial charge < -0.3 is 14.9 Å². The van der Waals surface area contributed by atoms with Gasteiger partial charge in [-0.15, -0.1) is 11.3 Å². The quantitative estimate of drug-likeness (QED) is 0.442. The third-order valence-electron chi connectivity index (χ3n) is 6.95. The second-order valence-electron chi connectivity index (χ2n) is 10.0. The fraction of sp³-hybridized carbons (Fsp3) is 0.667. The van der Waals surface area contributed by atoms with Crippen molar-refractivity contribution in [1.29, 1.82) is 0 Å². The van der Waals surface area contributed by atoms with Crippen LogP contribution in [0.4, 0.5) is 0 Å². The standard InChI is InChI=1S/C27H41NO5S/c1-7-20(14-21-16-34-19(4)28-21)22-13-11-9-8-10-12-17(2)25(31)18(3)26(32)27(5,6)23(29)15-24(30)33-22/h9,11,14,16-18,22-23,25,29,31H,7-8,10,12-13,15H2,1-6H3/b11-9+,20-14+/t17-,18+,22-,23-,25-/m0/s1. The van der Waals surface area contributed by atoms with Gasteiger partial charge in [-0.3, -0.25) is 9.59 Å². The lowest BCUT2D eigenvalue weighted by Gasteiger charge is -2.34. The van der Waals surface area contributed by atoms with Gasteiger partial charge in [0.1, 0.15) is 11.9 Å². The van der Waals surface area contributed by atoms with Crippen LogP contribution in [0.3, 0.4) is 0 Å². The first-order valence-electron chi connectivity index (χ1n) is 12.3. The number of Topliss-reactive ketones (excluding diaryl/α,β-unsaturated/α-hetero) is 1. The van der Waals surface area contributed by atoms with Crippen molar-refractivity contribution in [2.24, 2.45) is 17.3 Å². The molecule has 1 aliphatic rings. The van der Waals surface area contributed by atoms with Gasteiger partial charge in [-0.2, -0.15) is 0 Å². The zero-order valence-corrected chi connectivity index (χ0v) is 22.2. The van der Waals surface area contributed by atoms with Crippen LogP contribution in [-0.2, 0) is 14.3 Å². The summed E-state index contributed by atoms with van der Waals surface area (Å²) in [7, 11) is 0. The Morgan fingerprint density at radius 2 is 1.97 bits per heavy atom. The molecule has 0 saturated carbocycles. The first kappa shape index (κ1) is 28.4. The number of aliphatic hydroxyl groups is 2. The van der Waals surface area contributed by atoms with E-state index < -0.39 is 35.6 Å². The second-order valence-corrected chi connectivity index (χ2v) is 11.1. The molecule has 1 aromatic rings. The van der Waals surface area contributed by atoms with Gasteiger partial charge in [0.2, 0.25) is 0 Å². The minimum absolute atomic E-state index is 0.0397. The van der Waals surface area contributed by atoms with Gasteiger partial charge in [0.05, 0.1) is 34.7 Å². The molecule has 0 fully saturated rings. The van der Waals surface area contributed by atoms with Crippen LogP contribution in [0.25, 0.3) is 6.08 Å². The van der Waals surface area contributed by atoms with E-state index in [-0.39, 0.29) is 18.1 Å². The smallest absolute Gasteiger partial charge is 0.309 e. The summed E-state index contributed by atoms with van der Waals surface area (Å²) < 4.78 is 5.84. The van der Waals surface area contributed by atoms with Crippen molar-refractivity contribution in [1.82, 2.24) is 4.98 Å². The lowest BCUT2D eigenvalue weighted by Crippen LogP contribution is -2.45. The summed E-state index contributed by atoms with van der Waals surface area (Å²) in [4.78, 5) is 30.5. The highest BCUT2D eigenvalue weighted by molar-refractivity contribution is 7.09. The van der Waals surface area contributed by atoms with E-state index in [0.29, 0.717) is 12.8 Å². The Morgan fingerprint density at radius 1 is 1.26 bits per heavy atom. The van der Waals surface area contributed by atoms with E-state index in [0.717, 1.165) is 35.5 Å². The Morgan fingerprint density at radius 3 is 2.59 bits per heavy atom. The van der Waals surface area contributed by atoms with Gasteiger partial charge in [0.15, 0.2) is 0 Å². The normalized spacial score (nSPS) is 31.2. The van der Waals surface area contributed by atoms with Crippen LogP contribution in [0.15, 0.2) is 23.1 Å². The molecule has 34 heavy (non-hydrogen) atoms. The van der Waals surface area contributed by atoms with Crippen LogP contribution >= 0.6 is 11.3 Å². The first-order valence-corrected chi connectivity index (χ1v) is 13.2. The Bertz CT molecular complexity index is 887. The number of aromatic nitrogens is 1. The molecule has 1 aliphatic heterocycles. The SMILES string of the molecule is CC/C(=C\c1csc(C)n1)[C@@H]1C/C=C/CCC[C@H](C)[C@H](O)[C@@H](C)C(=O)C(C)(C)[C@@H](O)CC(=O)O1. The molecule has 1 aromatic heterocycles. The number of hydrogen-bond donors (Lipinski definition) is 2. The number of ether oxygens (including phenoxy) is 1. The third-order valence-corrected chi connectivity index (χ3v) is 7.74. The highest BCUT2D eigenvalue weighted by Crippen LogP contribution is 2.32. The summed E-state index contributed by atoms with van der Waals surface area (Å²) in [5.41, 5.74) is 0.618. The van der Waals surface area contributed by atoms with Crippen molar-refractivity contribution in [3.05, 3.63) is 33.8 Å². The Labute approximate surface area is 208 Å². The number of ketones is 1. The van der Waals surface area contributed by atoms with Crippen molar-refractivity contribution >= 4 is 29.2 Å². The van der Waals surface area contributed by atoms with E-state index >= 15 is 0 Å². The highest BCUT2D eigenvalue weighted by Gasteiger charge is 2.42. The van der Waals surface area contributed by atoms with Crippen molar-refractivity contribution < 1.29 is 24.5 Å². The number of allylic oxidation sites excluding steroid dienone is 1. The van der Waals surface area contributed by atoms with Gasteiger partial charge in [0.25, 0.3) is 0 Å². The predicted octanol–water partition coefficient (Wildman–Crippen LogP) is 5.27. The number of esters is 1. The zero-order chi connectivity index (χ0) is 25.5. The fourth-order valence-electron chi connectivity index (χ4n) is 4.42. The van der Waals surface area contributed by atoms with Crippen molar-refractivity contribution in [2.75, 3.05) is 0 Å². The minimum Gasteiger partial charge on any atom is -0.457 e. The molecule has 0 amide bonds.